The predicted molar refractivity (Wildman–Crippen MR) is 106 cm³/mol. The van der Waals surface area contributed by atoms with Gasteiger partial charge in [-0.05, 0) is 50.8 Å². The first-order chi connectivity index (χ1) is 14.1. The lowest BCUT2D eigenvalue weighted by Crippen LogP contribution is -2.48. The van der Waals surface area contributed by atoms with Crippen LogP contribution in [0.4, 0.5) is 4.79 Å². The minimum atomic E-state index is -1.45. The number of fused-ring (bicyclic) bond motifs is 1. The average molecular weight is 418 g/mol. The fourth-order valence-electron chi connectivity index (χ4n) is 3.14. The molecule has 10 nitrogen and oxygen atoms in total. The third-order valence-electron chi connectivity index (χ3n) is 4.87. The molecular formula is C20H24N3O7-. The van der Waals surface area contributed by atoms with Gasteiger partial charge in [0.05, 0.1) is 12.0 Å². The topological polar surface area (TPSA) is 175 Å². The highest BCUT2D eigenvalue weighted by molar-refractivity contribution is 5.86. The molecule has 1 aromatic heterocycles. The van der Waals surface area contributed by atoms with E-state index in [4.69, 9.17) is 10.2 Å². The third kappa shape index (κ3) is 5.49. The van der Waals surface area contributed by atoms with Crippen molar-refractivity contribution in [1.82, 2.24) is 10.6 Å². The summed E-state index contributed by atoms with van der Waals surface area (Å²) in [7, 11) is 0. The number of phenols is 1. The smallest absolute Gasteiger partial charge is 0.339 e. The molecule has 30 heavy (non-hydrogen) atoms. The number of carbonyl (C=O) groups is 3. The Hall–Kier alpha value is -3.56. The average Bonchev–Trinajstić information content (AvgIpc) is 2.67. The highest BCUT2D eigenvalue weighted by atomic mass is 16.4. The molecule has 0 bridgehead atoms. The Labute approximate surface area is 172 Å². The highest BCUT2D eigenvalue weighted by Crippen LogP contribution is 2.28. The Kier molecular flexibility index (Phi) is 7.40. The van der Waals surface area contributed by atoms with Gasteiger partial charge < -0.3 is 35.8 Å². The van der Waals surface area contributed by atoms with Crippen molar-refractivity contribution < 1.29 is 29.0 Å². The van der Waals surface area contributed by atoms with Crippen molar-refractivity contribution in [3.63, 3.8) is 0 Å². The van der Waals surface area contributed by atoms with Gasteiger partial charge in [0, 0.05) is 29.5 Å². The first kappa shape index (κ1) is 22.7. The number of hydrogen-bond acceptors (Lipinski definition) is 7. The van der Waals surface area contributed by atoms with Gasteiger partial charge in [-0.1, -0.05) is 0 Å². The van der Waals surface area contributed by atoms with E-state index in [2.05, 4.69) is 10.6 Å². The van der Waals surface area contributed by atoms with Gasteiger partial charge in [-0.25, -0.2) is 9.59 Å². The summed E-state index contributed by atoms with van der Waals surface area (Å²) in [5, 5.41) is 26.3. The zero-order chi connectivity index (χ0) is 22.4. The van der Waals surface area contributed by atoms with E-state index in [0.29, 0.717) is 22.1 Å². The minimum absolute atomic E-state index is 0.0107. The molecule has 0 fully saturated rings. The van der Waals surface area contributed by atoms with Crippen molar-refractivity contribution in [2.45, 2.75) is 45.6 Å². The van der Waals surface area contributed by atoms with Gasteiger partial charge in [0.15, 0.2) is 0 Å². The predicted octanol–water partition coefficient (Wildman–Crippen LogP) is -0.269. The molecule has 0 spiro atoms. The number of aliphatic carboxylic acids is 1. The van der Waals surface area contributed by atoms with Crippen LogP contribution in [0.2, 0.25) is 0 Å². The SMILES string of the molecule is Cc1c(CCC(=O)N[C@@H](CCCNC(N)=O)C(=O)[O-])c(=O)oc2c(C)c(O)ccc12. The lowest BCUT2D eigenvalue weighted by atomic mass is 10.00. The van der Waals surface area contributed by atoms with E-state index in [-0.39, 0.29) is 43.6 Å². The number of carboxylic acids is 1. The van der Waals surface area contributed by atoms with E-state index in [1.54, 1.807) is 19.9 Å². The summed E-state index contributed by atoms with van der Waals surface area (Å²) < 4.78 is 5.33. The van der Waals surface area contributed by atoms with E-state index in [0.717, 1.165) is 0 Å². The summed E-state index contributed by atoms with van der Waals surface area (Å²) in [4.78, 5) is 46.4. The summed E-state index contributed by atoms with van der Waals surface area (Å²) in [5.41, 5.74) is 5.97. The summed E-state index contributed by atoms with van der Waals surface area (Å²) in [6, 6.07) is 1.18. The van der Waals surface area contributed by atoms with Gasteiger partial charge in [0.1, 0.15) is 11.3 Å². The van der Waals surface area contributed by atoms with Crippen molar-refractivity contribution in [2.24, 2.45) is 5.73 Å². The van der Waals surface area contributed by atoms with Crippen LogP contribution in [0.25, 0.3) is 11.0 Å². The van der Waals surface area contributed by atoms with Crippen LogP contribution in [0.1, 0.15) is 36.0 Å². The largest absolute Gasteiger partial charge is 0.548 e. The van der Waals surface area contributed by atoms with Crippen LogP contribution in [0, 0.1) is 13.8 Å². The van der Waals surface area contributed by atoms with E-state index in [9.17, 15) is 29.4 Å². The molecule has 162 valence electrons. The molecule has 2 rings (SSSR count). The second kappa shape index (κ2) is 9.77. The van der Waals surface area contributed by atoms with Crippen molar-refractivity contribution >= 4 is 28.9 Å². The number of benzene rings is 1. The van der Waals surface area contributed by atoms with Crippen molar-refractivity contribution in [1.29, 1.82) is 0 Å². The maximum atomic E-state index is 12.4. The molecule has 1 atom stereocenters. The van der Waals surface area contributed by atoms with Gasteiger partial charge in [-0.2, -0.15) is 0 Å². The Balaban J connectivity index is 2.05. The number of nitrogens with two attached hydrogens (primary N) is 1. The van der Waals surface area contributed by atoms with Gasteiger partial charge in [0.25, 0.3) is 0 Å². The Bertz CT molecular complexity index is 1030. The fraction of sp³-hybridized carbons (Fsp3) is 0.400. The van der Waals surface area contributed by atoms with Gasteiger partial charge >= 0.3 is 11.7 Å². The minimum Gasteiger partial charge on any atom is -0.548 e. The maximum absolute atomic E-state index is 12.4. The first-order valence-corrected chi connectivity index (χ1v) is 9.40. The van der Waals surface area contributed by atoms with Gasteiger partial charge in [-0.15, -0.1) is 0 Å². The maximum Gasteiger partial charge on any atom is 0.339 e. The number of urea groups is 1. The quantitative estimate of drug-likeness (QED) is 0.320. The second-order valence-corrected chi connectivity index (χ2v) is 6.95. The number of aryl methyl sites for hydroxylation is 2. The zero-order valence-electron chi connectivity index (χ0n) is 16.7. The number of phenolic OH excluding ortho intramolecular Hbond substituents is 1. The summed E-state index contributed by atoms with van der Waals surface area (Å²) >= 11 is 0. The fourth-order valence-corrected chi connectivity index (χ4v) is 3.14. The molecule has 0 saturated heterocycles. The number of amides is 3. The molecule has 0 saturated carbocycles. The third-order valence-corrected chi connectivity index (χ3v) is 4.87. The van der Waals surface area contributed by atoms with E-state index < -0.39 is 29.6 Å². The number of aromatic hydroxyl groups is 1. The summed E-state index contributed by atoms with van der Waals surface area (Å²) in [6.07, 6.45) is 0.256. The molecule has 2 aromatic rings. The number of hydrogen-bond donors (Lipinski definition) is 4. The molecule has 0 aliphatic rings. The number of primary amides is 1. The van der Waals surface area contributed by atoms with E-state index in [1.165, 1.54) is 6.07 Å². The Morgan fingerprint density at radius 1 is 1.23 bits per heavy atom. The normalized spacial score (nSPS) is 11.8. The molecule has 3 amide bonds. The molecular weight excluding hydrogens is 394 g/mol. The zero-order valence-corrected chi connectivity index (χ0v) is 16.7. The Morgan fingerprint density at radius 2 is 1.93 bits per heavy atom. The van der Waals surface area contributed by atoms with Crippen LogP contribution >= 0.6 is 0 Å². The van der Waals surface area contributed by atoms with Crippen LogP contribution in [0.5, 0.6) is 5.75 Å². The summed E-state index contributed by atoms with van der Waals surface area (Å²) in [5.74, 6) is -2.00. The number of nitrogens with one attached hydrogen (secondary N) is 2. The molecule has 0 unspecified atom stereocenters. The molecule has 0 aliphatic carbocycles. The van der Waals surface area contributed by atoms with Crippen LogP contribution in [-0.2, 0) is 16.0 Å². The molecule has 10 heteroatoms. The Morgan fingerprint density at radius 3 is 2.57 bits per heavy atom. The second-order valence-electron chi connectivity index (χ2n) is 6.95. The van der Waals surface area contributed by atoms with E-state index in [1.807, 2.05) is 0 Å². The number of carbonyl (C=O) groups excluding carboxylic acids is 3. The van der Waals surface area contributed by atoms with E-state index >= 15 is 0 Å². The van der Waals surface area contributed by atoms with Crippen molar-refractivity contribution in [3.8, 4) is 5.75 Å². The van der Waals surface area contributed by atoms with Gasteiger partial charge in [-0.3, -0.25) is 4.79 Å². The lowest BCUT2D eigenvalue weighted by Gasteiger charge is -2.19. The van der Waals surface area contributed by atoms with Crippen molar-refractivity contribution in [2.75, 3.05) is 6.54 Å². The number of rotatable bonds is 9. The van der Waals surface area contributed by atoms with Crippen LogP contribution in [0.15, 0.2) is 21.3 Å². The van der Waals surface area contributed by atoms with Crippen LogP contribution in [-0.4, -0.2) is 35.6 Å². The molecule has 1 aromatic carbocycles. The standard InChI is InChI=1S/C20H25N3O7/c1-10-12-5-7-15(24)11(2)17(12)30-19(28)13(10)6-8-16(25)23-14(18(26)27)4-3-9-22-20(21)29/h5,7,14,24H,3-4,6,8-9H2,1-2H3,(H,23,25)(H,26,27)(H3,21,22,29)/p-1/t14-/m0/s1. The molecule has 0 radical (unpaired) electrons. The molecule has 5 N–H and O–H groups in total. The molecule has 0 aliphatic heterocycles. The summed E-state index contributed by atoms with van der Waals surface area (Å²) in [6.45, 7) is 3.52. The first-order valence-electron chi connectivity index (χ1n) is 9.40. The molecule has 1 heterocycles. The highest BCUT2D eigenvalue weighted by Gasteiger charge is 2.17. The van der Waals surface area contributed by atoms with Gasteiger partial charge in [0.2, 0.25) is 5.91 Å². The van der Waals surface area contributed by atoms with Crippen LogP contribution < -0.4 is 27.1 Å². The lowest BCUT2D eigenvalue weighted by molar-refractivity contribution is -0.308. The van der Waals surface area contributed by atoms with Crippen LogP contribution in [0.3, 0.4) is 0 Å². The monoisotopic (exact) mass is 418 g/mol. The number of carboxylic acid groups (broad SMARTS) is 1. The van der Waals surface area contributed by atoms with Crippen molar-refractivity contribution in [3.05, 3.63) is 39.2 Å².